The number of hydrogen-bond donors (Lipinski definition) is 1. The summed E-state index contributed by atoms with van der Waals surface area (Å²) < 4.78 is 29.3. The Balaban J connectivity index is 2.17. The van der Waals surface area contributed by atoms with Crippen LogP contribution in [0.5, 0.6) is 5.75 Å². The number of hydrogen-bond acceptors (Lipinski definition) is 5. The minimum Gasteiger partial charge on any atom is -0.496 e. The Hall–Kier alpha value is -3.09. The summed E-state index contributed by atoms with van der Waals surface area (Å²) in [6, 6.07) is 11.3. The lowest BCUT2D eigenvalue weighted by Gasteiger charge is -2.23. The lowest BCUT2D eigenvalue weighted by atomic mass is 9.99. The molecule has 1 N–H and O–H groups in total. The average Bonchev–Trinajstić information content (AvgIpc) is 2.67. The van der Waals surface area contributed by atoms with Crippen molar-refractivity contribution in [1.82, 2.24) is 5.32 Å². The van der Waals surface area contributed by atoms with Crippen molar-refractivity contribution < 1.29 is 28.2 Å². The van der Waals surface area contributed by atoms with E-state index in [-0.39, 0.29) is 18.8 Å². The van der Waals surface area contributed by atoms with Crippen LogP contribution in [-0.2, 0) is 20.7 Å². The van der Waals surface area contributed by atoms with Gasteiger partial charge in [-0.3, -0.25) is 4.79 Å². The molecule has 0 aliphatic carbocycles. The van der Waals surface area contributed by atoms with Gasteiger partial charge in [0.15, 0.2) is 0 Å². The van der Waals surface area contributed by atoms with Crippen molar-refractivity contribution in [2.45, 2.75) is 52.2 Å². The molecule has 31 heavy (non-hydrogen) atoms. The van der Waals surface area contributed by atoms with Gasteiger partial charge in [-0.15, -0.1) is 0 Å². The summed E-state index contributed by atoms with van der Waals surface area (Å²) >= 11 is 0. The van der Waals surface area contributed by atoms with E-state index in [0.717, 1.165) is 11.1 Å². The molecule has 0 radical (unpaired) electrons. The molecule has 1 unspecified atom stereocenters. The highest BCUT2D eigenvalue weighted by Crippen LogP contribution is 2.31. The monoisotopic (exact) mass is 431 g/mol. The molecule has 2 rings (SSSR count). The van der Waals surface area contributed by atoms with Crippen molar-refractivity contribution in [3.05, 3.63) is 53.8 Å². The molecule has 0 fully saturated rings. The van der Waals surface area contributed by atoms with E-state index < -0.39 is 23.7 Å². The van der Waals surface area contributed by atoms with Gasteiger partial charge in [0.05, 0.1) is 20.1 Å². The molecular weight excluding hydrogens is 401 g/mol. The number of methoxy groups -OCH3 is 1. The molecule has 7 heteroatoms. The van der Waals surface area contributed by atoms with Crippen LogP contribution < -0.4 is 10.1 Å². The topological polar surface area (TPSA) is 73.9 Å². The lowest BCUT2D eigenvalue weighted by Crippen LogP contribution is -2.41. The van der Waals surface area contributed by atoms with Crippen LogP contribution >= 0.6 is 0 Å². The molecule has 1 amide bonds. The lowest BCUT2D eigenvalue weighted by molar-refractivity contribution is -0.143. The first-order valence-electron chi connectivity index (χ1n) is 10.2. The minimum atomic E-state index is -0.649. The summed E-state index contributed by atoms with van der Waals surface area (Å²) in [4.78, 5) is 24.2. The van der Waals surface area contributed by atoms with Gasteiger partial charge >= 0.3 is 12.1 Å². The van der Waals surface area contributed by atoms with Gasteiger partial charge in [0, 0.05) is 11.6 Å². The molecule has 2 aromatic carbocycles. The van der Waals surface area contributed by atoms with E-state index >= 15 is 0 Å². The molecule has 0 heterocycles. The highest BCUT2D eigenvalue weighted by Gasteiger charge is 2.22. The SMILES string of the molecule is CCOC(=O)CC(Cc1ccc(-c2cc(F)ccc2OC)cc1)NC(=O)OC(C)(C)C. The predicted molar refractivity (Wildman–Crippen MR) is 116 cm³/mol. The smallest absolute Gasteiger partial charge is 0.407 e. The molecular formula is C24H30FNO5. The van der Waals surface area contributed by atoms with Crippen molar-refractivity contribution in [2.75, 3.05) is 13.7 Å². The number of nitrogens with one attached hydrogen (secondary N) is 1. The van der Waals surface area contributed by atoms with E-state index in [9.17, 15) is 14.0 Å². The first-order chi connectivity index (χ1) is 14.6. The third-order valence-electron chi connectivity index (χ3n) is 4.35. The summed E-state index contributed by atoms with van der Waals surface area (Å²) in [5.74, 6) is -0.179. The van der Waals surface area contributed by atoms with Crippen LogP contribution in [0.15, 0.2) is 42.5 Å². The van der Waals surface area contributed by atoms with Gasteiger partial charge in [-0.2, -0.15) is 0 Å². The van der Waals surface area contributed by atoms with E-state index in [1.165, 1.54) is 19.2 Å². The van der Waals surface area contributed by atoms with Gasteiger partial charge in [-0.1, -0.05) is 24.3 Å². The largest absolute Gasteiger partial charge is 0.496 e. The Bertz CT molecular complexity index is 890. The fourth-order valence-electron chi connectivity index (χ4n) is 3.08. The number of halogens is 1. The van der Waals surface area contributed by atoms with Crippen molar-refractivity contribution in [1.29, 1.82) is 0 Å². The summed E-state index contributed by atoms with van der Waals surface area (Å²) in [5, 5.41) is 2.75. The quantitative estimate of drug-likeness (QED) is 0.603. The Labute approximate surface area is 182 Å². The van der Waals surface area contributed by atoms with E-state index in [0.29, 0.717) is 17.7 Å². The van der Waals surface area contributed by atoms with Gasteiger partial charge in [0.2, 0.25) is 0 Å². The summed E-state index contributed by atoms with van der Waals surface area (Å²) in [6.07, 6.45) is -0.173. The third kappa shape index (κ3) is 7.92. The zero-order valence-corrected chi connectivity index (χ0v) is 18.7. The summed E-state index contributed by atoms with van der Waals surface area (Å²) in [5.41, 5.74) is 1.68. The fourth-order valence-corrected chi connectivity index (χ4v) is 3.08. The van der Waals surface area contributed by atoms with E-state index in [1.807, 2.05) is 24.3 Å². The number of benzene rings is 2. The molecule has 0 aromatic heterocycles. The van der Waals surface area contributed by atoms with Crippen LogP contribution in [-0.4, -0.2) is 37.4 Å². The molecule has 2 aromatic rings. The molecule has 0 aliphatic heterocycles. The van der Waals surface area contributed by atoms with Gasteiger partial charge < -0.3 is 19.5 Å². The molecule has 0 spiro atoms. The molecule has 0 bridgehead atoms. The Kier molecular flexibility index (Phi) is 8.42. The second kappa shape index (κ2) is 10.8. The second-order valence-corrected chi connectivity index (χ2v) is 8.10. The van der Waals surface area contributed by atoms with Crippen LogP contribution in [0.3, 0.4) is 0 Å². The Morgan fingerprint density at radius 1 is 1.10 bits per heavy atom. The number of alkyl carbamates (subject to hydrolysis) is 1. The number of amides is 1. The fraction of sp³-hybridized carbons (Fsp3) is 0.417. The van der Waals surface area contributed by atoms with Crippen molar-refractivity contribution in [3.63, 3.8) is 0 Å². The number of carbonyl (C=O) groups excluding carboxylic acids is 2. The highest BCUT2D eigenvalue weighted by atomic mass is 19.1. The minimum absolute atomic E-state index is 0.0204. The predicted octanol–water partition coefficient (Wildman–Crippen LogP) is 4.89. The van der Waals surface area contributed by atoms with Gasteiger partial charge in [0.1, 0.15) is 17.2 Å². The zero-order chi connectivity index (χ0) is 23.0. The van der Waals surface area contributed by atoms with Crippen LogP contribution in [0.1, 0.15) is 39.7 Å². The maximum Gasteiger partial charge on any atom is 0.407 e. The number of ether oxygens (including phenoxy) is 3. The van der Waals surface area contributed by atoms with E-state index in [1.54, 1.807) is 33.8 Å². The Morgan fingerprint density at radius 3 is 2.35 bits per heavy atom. The van der Waals surface area contributed by atoms with Crippen molar-refractivity contribution >= 4 is 12.1 Å². The first-order valence-corrected chi connectivity index (χ1v) is 10.2. The van der Waals surface area contributed by atoms with Gasteiger partial charge in [0.25, 0.3) is 0 Å². The first kappa shape index (κ1) is 24.2. The highest BCUT2D eigenvalue weighted by molar-refractivity contribution is 5.73. The molecule has 168 valence electrons. The standard InChI is InChI=1S/C24H30FNO5/c1-6-30-22(27)15-19(26-23(28)31-24(2,3)4)13-16-7-9-17(10-8-16)20-14-18(25)11-12-21(20)29-5/h7-12,14,19H,6,13,15H2,1-5H3,(H,26,28). The third-order valence-corrected chi connectivity index (χ3v) is 4.35. The van der Waals surface area contributed by atoms with Crippen molar-refractivity contribution in [2.24, 2.45) is 0 Å². The number of carbonyl (C=O) groups is 2. The number of esters is 1. The zero-order valence-electron chi connectivity index (χ0n) is 18.7. The van der Waals surface area contributed by atoms with Crippen LogP contribution in [0.4, 0.5) is 9.18 Å². The van der Waals surface area contributed by atoms with Crippen LogP contribution in [0.2, 0.25) is 0 Å². The summed E-state index contributed by atoms with van der Waals surface area (Å²) in [7, 11) is 1.54. The Morgan fingerprint density at radius 2 is 1.77 bits per heavy atom. The van der Waals surface area contributed by atoms with Crippen molar-refractivity contribution in [3.8, 4) is 16.9 Å². The normalized spacial score (nSPS) is 12.1. The maximum atomic E-state index is 13.7. The van der Waals surface area contributed by atoms with Gasteiger partial charge in [-0.25, -0.2) is 9.18 Å². The van der Waals surface area contributed by atoms with E-state index in [2.05, 4.69) is 5.32 Å². The maximum absolute atomic E-state index is 13.7. The molecule has 6 nitrogen and oxygen atoms in total. The van der Waals surface area contributed by atoms with E-state index in [4.69, 9.17) is 14.2 Å². The number of rotatable bonds is 8. The molecule has 0 aliphatic rings. The second-order valence-electron chi connectivity index (χ2n) is 8.10. The summed E-state index contributed by atoms with van der Waals surface area (Å²) in [6.45, 7) is 7.31. The molecule has 0 saturated heterocycles. The van der Waals surface area contributed by atoms with Crippen LogP contribution in [0, 0.1) is 5.82 Å². The van der Waals surface area contributed by atoms with Gasteiger partial charge in [-0.05, 0) is 63.4 Å². The molecule has 1 atom stereocenters. The van der Waals surface area contributed by atoms with Crippen LogP contribution in [0.25, 0.3) is 11.1 Å². The molecule has 0 saturated carbocycles. The average molecular weight is 432 g/mol.